The first-order chi connectivity index (χ1) is 6.88. The van der Waals surface area contributed by atoms with Crippen molar-refractivity contribution in [1.82, 2.24) is 5.32 Å². The molecule has 1 rings (SSSR count). The van der Waals surface area contributed by atoms with E-state index in [1.54, 1.807) is 0 Å². The maximum atomic E-state index is 3.90. The lowest BCUT2D eigenvalue weighted by Crippen LogP contribution is -2.51. The van der Waals surface area contributed by atoms with Gasteiger partial charge in [0.1, 0.15) is 0 Å². The Morgan fingerprint density at radius 3 is 2.27 bits per heavy atom. The number of aliphatic imine (C=N–C) groups is 1. The van der Waals surface area contributed by atoms with Crippen LogP contribution < -0.4 is 5.32 Å². The zero-order chi connectivity index (χ0) is 11.7. The zero-order valence-electron chi connectivity index (χ0n) is 9.88. The lowest BCUT2D eigenvalue weighted by molar-refractivity contribution is 0.101. The van der Waals surface area contributed by atoms with Gasteiger partial charge in [-0.15, -0.1) is 18.5 Å². The average molecular weight is 244 g/mol. The van der Waals surface area contributed by atoms with Gasteiger partial charge in [-0.2, -0.15) is 0 Å². The summed E-state index contributed by atoms with van der Waals surface area (Å²) >= 11 is 0. The van der Waals surface area contributed by atoms with Gasteiger partial charge in [0.25, 0.3) is 0 Å². The Balaban J connectivity index is 2.94. The number of nitrogens with zero attached hydrogens (tertiary/aromatic N) is 1. The second-order valence-electron chi connectivity index (χ2n) is 4.87. The standard InChI is InChI=1S/C11H22N2P2/c1-8(2)10(6-11(14,15)7-10)9(13-4)5-12-3/h5,8,13H,3,6-7,14-15H2,1-2,4H3/b9-5-. The molecule has 0 saturated heterocycles. The predicted octanol–water partition coefficient (Wildman–Crippen LogP) is 2.63. The number of nitrogens with one attached hydrogen (secondary N) is 1. The highest BCUT2D eigenvalue weighted by Crippen LogP contribution is 2.63. The lowest BCUT2D eigenvalue weighted by Gasteiger charge is -2.56. The van der Waals surface area contributed by atoms with Crippen LogP contribution in [0.4, 0.5) is 0 Å². The van der Waals surface area contributed by atoms with E-state index in [0.29, 0.717) is 10.8 Å². The normalized spacial score (nSPS) is 23.5. The van der Waals surface area contributed by atoms with Crippen LogP contribution in [0.15, 0.2) is 16.9 Å². The van der Waals surface area contributed by atoms with Gasteiger partial charge in [-0.1, -0.05) is 13.8 Å². The lowest BCUT2D eigenvalue weighted by atomic mass is 9.59. The molecule has 2 unspecified atom stereocenters. The van der Waals surface area contributed by atoms with Crippen LogP contribution in [-0.4, -0.2) is 18.7 Å². The second kappa shape index (κ2) is 4.52. The molecule has 0 radical (unpaired) electrons. The maximum absolute atomic E-state index is 3.90. The Hall–Kier alpha value is 0.0700. The summed E-state index contributed by atoms with van der Waals surface area (Å²) in [6.07, 6.45) is 4.19. The third-order valence-corrected chi connectivity index (χ3v) is 4.24. The molecule has 0 aliphatic heterocycles. The summed E-state index contributed by atoms with van der Waals surface area (Å²) in [7, 11) is 7.82. The van der Waals surface area contributed by atoms with Crippen LogP contribution in [0, 0.1) is 11.3 Å². The molecule has 1 saturated carbocycles. The van der Waals surface area contributed by atoms with E-state index in [1.807, 2.05) is 13.2 Å². The summed E-state index contributed by atoms with van der Waals surface area (Å²) < 4.78 is 0. The van der Waals surface area contributed by atoms with Crippen LogP contribution in [0.2, 0.25) is 0 Å². The van der Waals surface area contributed by atoms with Gasteiger partial charge in [-0.25, -0.2) is 0 Å². The summed E-state index contributed by atoms with van der Waals surface area (Å²) in [5, 5.41) is 3.27. The van der Waals surface area contributed by atoms with Crippen molar-refractivity contribution in [3.63, 3.8) is 0 Å². The molecule has 86 valence electrons. The molecule has 0 heterocycles. The molecule has 0 spiro atoms. The van der Waals surface area contributed by atoms with E-state index >= 15 is 0 Å². The van der Waals surface area contributed by atoms with E-state index in [-0.39, 0.29) is 5.41 Å². The van der Waals surface area contributed by atoms with Gasteiger partial charge in [0.2, 0.25) is 0 Å². The average Bonchev–Trinajstić information content (AvgIpc) is 2.09. The summed E-state index contributed by atoms with van der Waals surface area (Å²) in [4.78, 5) is 4.20. The van der Waals surface area contributed by atoms with Crippen LogP contribution >= 0.6 is 18.5 Å². The molecule has 0 aromatic carbocycles. The number of allylic oxidation sites excluding steroid dienone is 1. The fourth-order valence-electron chi connectivity index (χ4n) is 2.57. The molecule has 1 N–H and O–H groups in total. The molecule has 0 aromatic rings. The monoisotopic (exact) mass is 244 g/mol. The van der Waals surface area contributed by atoms with Crippen molar-refractivity contribution in [3.05, 3.63) is 11.9 Å². The third kappa shape index (κ3) is 2.43. The Morgan fingerprint density at radius 1 is 1.47 bits per heavy atom. The van der Waals surface area contributed by atoms with Crippen molar-refractivity contribution < 1.29 is 0 Å². The first-order valence-electron chi connectivity index (χ1n) is 5.30. The number of hydrogen-bond acceptors (Lipinski definition) is 2. The summed E-state index contributed by atoms with van der Waals surface area (Å²) in [6.45, 7) is 8.09. The highest BCUT2D eigenvalue weighted by molar-refractivity contribution is 7.40. The molecule has 2 nitrogen and oxygen atoms in total. The topological polar surface area (TPSA) is 24.4 Å². The highest BCUT2D eigenvalue weighted by Gasteiger charge is 2.53. The van der Waals surface area contributed by atoms with Gasteiger partial charge in [-0.05, 0) is 25.5 Å². The van der Waals surface area contributed by atoms with Gasteiger partial charge < -0.3 is 5.32 Å². The van der Waals surface area contributed by atoms with Crippen LogP contribution in [-0.2, 0) is 0 Å². The summed E-state index contributed by atoms with van der Waals surface area (Å²) in [6, 6.07) is 0. The molecule has 1 aliphatic rings. The third-order valence-electron chi connectivity index (χ3n) is 3.42. The molecule has 15 heavy (non-hydrogen) atoms. The predicted molar refractivity (Wildman–Crippen MR) is 75.3 cm³/mol. The summed E-state index contributed by atoms with van der Waals surface area (Å²) in [5.74, 6) is 0.618. The van der Waals surface area contributed by atoms with Gasteiger partial charge in [0.15, 0.2) is 0 Å². The van der Waals surface area contributed by atoms with Crippen molar-refractivity contribution in [2.75, 3.05) is 7.05 Å². The summed E-state index contributed by atoms with van der Waals surface area (Å²) in [5.41, 5.74) is 1.47. The Labute approximate surface area is 97.8 Å². The molecular weight excluding hydrogens is 222 g/mol. The minimum Gasteiger partial charge on any atom is -0.390 e. The highest BCUT2D eigenvalue weighted by atomic mass is 31.1. The largest absolute Gasteiger partial charge is 0.390 e. The number of rotatable bonds is 4. The second-order valence-corrected chi connectivity index (χ2v) is 7.84. The van der Waals surface area contributed by atoms with Gasteiger partial charge >= 0.3 is 0 Å². The van der Waals surface area contributed by atoms with Crippen LogP contribution in [0.3, 0.4) is 0 Å². The molecule has 4 heteroatoms. The first-order valence-corrected chi connectivity index (χ1v) is 6.45. The van der Waals surface area contributed by atoms with Crippen LogP contribution in [0.25, 0.3) is 0 Å². The van der Waals surface area contributed by atoms with Crippen molar-refractivity contribution in [2.45, 2.75) is 31.6 Å². The zero-order valence-corrected chi connectivity index (χ0v) is 12.2. The van der Waals surface area contributed by atoms with E-state index in [1.165, 1.54) is 5.70 Å². The smallest absolute Gasteiger partial charge is 0.0456 e. The van der Waals surface area contributed by atoms with Crippen molar-refractivity contribution in [1.29, 1.82) is 0 Å². The van der Waals surface area contributed by atoms with Gasteiger partial charge in [0, 0.05) is 29.3 Å². The number of hydrogen-bond donors (Lipinski definition) is 1. The van der Waals surface area contributed by atoms with Gasteiger partial charge in [-0.3, -0.25) is 4.99 Å². The first kappa shape index (κ1) is 13.1. The van der Waals surface area contributed by atoms with Crippen molar-refractivity contribution in [3.8, 4) is 0 Å². The van der Waals surface area contributed by atoms with E-state index in [4.69, 9.17) is 0 Å². The fourth-order valence-corrected chi connectivity index (χ4v) is 4.02. The Kier molecular flexibility index (Phi) is 3.95. The molecule has 0 bridgehead atoms. The molecule has 0 aromatic heterocycles. The van der Waals surface area contributed by atoms with Crippen molar-refractivity contribution >= 4 is 25.2 Å². The molecular formula is C11H22N2P2. The van der Waals surface area contributed by atoms with Gasteiger partial charge in [0.05, 0.1) is 0 Å². The SMILES string of the molecule is C=N/C=C(\NC)C1(C(C)C)CC(P)(P)C1. The maximum Gasteiger partial charge on any atom is 0.0456 e. The van der Waals surface area contributed by atoms with E-state index < -0.39 is 0 Å². The quantitative estimate of drug-likeness (QED) is 0.596. The van der Waals surface area contributed by atoms with Crippen LogP contribution in [0.5, 0.6) is 0 Å². The minimum atomic E-state index is 0.249. The van der Waals surface area contributed by atoms with E-state index in [0.717, 1.165) is 12.8 Å². The van der Waals surface area contributed by atoms with E-state index in [9.17, 15) is 0 Å². The fraction of sp³-hybridized carbons (Fsp3) is 0.727. The van der Waals surface area contributed by atoms with E-state index in [2.05, 4.69) is 49.4 Å². The molecule has 1 aliphatic carbocycles. The minimum absolute atomic E-state index is 0.249. The Morgan fingerprint density at radius 2 is 2.00 bits per heavy atom. The molecule has 0 amide bonds. The van der Waals surface area contributed by atoms with Crippen molar-refractivity contribution in [2.24, 2.45) is 16.3 Å². The molecule has 1 fully saturated rings. The Bertz CT molecular complexity index is 274. The van der Waals surface area contributed by atoms with Crippen LogP contribution in [0.1, 0.15) is 26.7 Å². The molecule has 2 atom stereocenters.